The predicted octanol–water partition coefficient (Wildman–Crippen LogP) is 2.92. The highest BCUT2D eigenvalue weighted by Crippen LogP contribution is 2.22. The third-order valence-electron chi connectivity index (χ3n) is 1.49. The van der Waals surface area contributed by atoms with Gasteiger partial charge < -0.3 is 5.32 Å². The van der Waals surface area contributed by atoms with Gasteiger partial charge in [0.05, 0.1) is 10.0 Å². The van der Waals surface area contributed by atoms with Crippen molar-refractivity contribution >= 4 is 23.2 Å². The summed E-state index contributed by atoms with van der Waals surface area (Å²) >= 11 is 11.6. The molecule has 0 heterocycles. The smallest absolute Gasteiger partial charge is 0.0595 e. The average Bonchev–Trinajstić information content (AvgIpc) is 2.07. The van der Waals surface area contributed by atoms with Gasteiger partial charge in [-0.3, -0.25) is 0 Å². The van der Waals surface area contributed by atoms with Gasteiger partial charge in [0.1, 0.15) is 0 Å². The number of halogens is 2. The van der Waals surface area contributed by atoms with Gasteiger partial charge in [-0.05, 0) is 31.2 Å². The summed E-state index contributed by atoms with van der Waals surface area (Å²) in [5.41, 5.74) is 1.12. The van der Waals surface area contributed by atoms with Gasteiger partial charge in [-0.1, -0.05) is 29.3 Å². The Balaban J connectivity index is 2.69. The molecule has 0 saturated heterocycles. The summed E-state index contributed by atoms with van der Waals surface area (Å²) in [6.45, 7) is 5.16. The van der Waals surface area contributed by atoms with Crippen molar-refractivity contribution in [3.8, 4) is 0 Å². The minimum atomic E-state index is 0.593. The largest absolute Gasteiger partial charge is 0.313 e. The van der Waals surface area contributed by atoms with E-state index in [4.69, 9.17) is 23.2 Å². The molecular weight excluding hydrogens is 193 g/mol. The van der Waals surface area contributed by atoms with E-state index in [2.05, 4.69) is 12.2 Å². The molecule has 0 bridgehead atoms. The van der Waals surface area contributed by atoms with Crippen LogP contribution in [0.2, 0.25) is 10.0 Å². The maximum Gasteiger partial charge on any atom is 0.0595 e. The molecule has 0 atom stereocenters. The second-order valence-electron chi connectivity index (χ2n) is 2.43. The molecule has 1 radical (unpaired) electrons. The molecule has 65 valence electrons. The monoisotopic (exact) mass is 202 g/mol. The second-order valence-corrected chi connectivity index (χ2v) is 3.24. The van der Waals surface area contributed by atoms with Gasteiger partial charge >= 0.3 is 0 Å². The molecule has 3 heteroatoms. The first-order chi connectivity index (χ1) is 5.74. The molecule has 1 rings (SSSR count). The van der Waals surface area contributed by atoms with E-state index in [-0.39, 0.29) is 0 Å². The number of hydrogen-bond donors (Lipinski definition) is 1. The van der Waals surface area contributed by atoms with Gasteiger partial charge in [0, 0.05) is 6.54 Å². The summed E-state index contributed by atoms with van der Waals surface area (Å²) in [7, 11) is 0. The zero-order valence-corrected chi connectivity index (χ0v) is 8.12. The molecule has 1 aromatic rings. The first-order valence-electron chi connectivity index (χ1n) is 3.68. The van der Waals surface area contributed by atoms with Gasteiger partial charge in [-0.2, -0.15) is 0 Å². The van der Waals surface area contributed by atoms with E-state index >= 15 is 0 Å². The fourth-order valence-corrected chi connectivity index (χ4v) is 1.20. The zero-order valence-electron chi connectivity index (χ0n) is 6.61. The van der Waals surface area contributed by atoms with E-state index in [0.29, 0.717) is 16.6 Å². The topological polar surface area (TPSA) is 12.0 Å². The molecule has 0 spiro atoms. The van der Waals surface area contributed by atoms with E-state index in [1.807, 2.05) is 12.1 Å². The lowest BCUT2D eigenvalue weighted by atomic mass is 10.2. The number of nitrogens with one attached hydrogen (secondary N) is 1. The lowest BCUT2D eigenvalue weighted by Crippen LogP contribution is -2.11. The number of rotatable bonds is 3. The Labute approximate surface area is 82.7 Å². The molecule has 0 aromatic heterocycles. The van der Waals surface area contributed by atoms with Crippen LogP contribution in [-0.4, -0.2) is 6.54 Å². The quantitative estimate of drug-likeness (QED) is 0.796. The Bertz CT molecular complexity index is 261. The normalized spacial score (nSPS) is 10.2. The minimum Gasteiger partial charge on any atom is -0.313 e. The zero-order chi connectivity index (χ0) is 8.97. The Kier molecular flexibility index (Phi) is 3.86. The molecule has 0 fully saturated rings. The number of benzene rings is 1. The average molecular weight is 203 g/mol. The van der Waals surface area contributed by atoms with Gasteiger partial charge in [0.2, 0.25) is 0 Å². The third kappa shape index (κ3) is 2.67. The second kappa shape index (κ2) is 4.70. The Hall–Kier alpha value is -0.240. The molecular formula is C9H10Cl2N. The van der Waals surface area contributed by atoms with Crippen molar-refractivity contribution in [3.63, 3.8) is 0 Å². The Morgan fingerprint density at radius 1 is 1.25 bits per heavy atom. The predicted molar refractivity (Wildman–Crippen MR) is 53.5 cm³/mol. The fraction of sp³-hybridized carbons (Fsp3) is 0.222. The molecule has 0 saturated carbocycles. The molecule has 0 unspecified atom stereocenters. The highest BCUT2D eigenvalue weighted by atomic mass is 35.5. The van der Waals surface area contributed by atoms with Crippen LogP contribution in [0.3, 0.4) is 0 Å². The molecule has 12 heavy (non-hydrogen) atoms. The summed E-state index contributed by atoms with van der Waals surface area (Å²) in [6.07, 6.45) is 0. The van der Waals surface area contributed by atoms with Crippen LogP contribution in [0, 0.1) is 6.92 Å². The van der Waals surface area contributed by atoms with Crippen LogP contribution in [0.4, 0.5) is 0 Å². The highest BCUT2D eigenvalue weighted by molar-refractivity contribution is 6.41. The van der Waals surface area contributed by atoms with Crippen LogP contribution in [0.15, 0.2) is 18.2 Å². The lowest BCUT2D eigenvalue weighted by molar-refractivity contribution is 0.758. The molecule has 0 aliphatic carbocycles. The van der Waals surface area contributed by atoms with E-state index in [1.54, 1.807) is 6.07 Å². The van der Waals surface area contributed by atoms with Crippen molar-refractivity contribution in [2.75, 3.05) is 6.54 Å². The van der Waals surface area contributed by atoms with Crippen LogP contribution in [0.25, 0.3) is 0 Å². The van der Waals surface area contributed by atoms with Crippen LogP contribution < -0.4 is 5.32 Å². The fourth-order valence-electron chi connectivity index (χ4n) is 0.882. The Morgan fingerprint density at radius 3 is 2.58 bits per heavy atom. The van der Waals surface area contributed by atoms with Gasteiger partial charge in [0.25, 0.3) is 0 Å². The van der Waals surface area contributed by atoms with Crippen LogP contribution in [0.1, 0.15) is 5.56 Å². The van der Waals surface area contributed by atoms with Gasteiger partial charge in [0.15, 0.2) is 0 Å². The standard InChI is InChI=1S/C9H10Cl2N/c1-2-12-6-7-3-4-8(10)9(11)5-7/h3-5,12H,1-2,6H2. The summed E-state index contributed by atoms with van der Waals surface area (Å²) in [4.78, 5) is 0. The van der Waals surface area contributed by atoms with Crippen molar-refractivity contribution in [2.24, 2.45) is 0 Å². The lowest BCUT2D eigenvalue weighted by Gasteiger charge is -2.02. The molecule has 1 aromatic carbocycles. The molecule has 0 aliphatic heterocycles. The SMILES string of the molecule is [CH2]CNCc1ccc(Cl)c(Cl)c1. The van der Waals surface area contributed by atoms with Crippen LogP contribution >= 0.6 is 23.2 Å². The van der Waals surface area contributed by atoms with Crippen molar-refractivity contribution < 1.29 is 0 Å². The summed E-state index contributed by atoms with van der Waals surface area (Å²) in [5, 5.41) is 4.29. The molecule has 0 amide bonds. The van der Waals surface area contributed by atoms with Crippen molar-refractivity contribution in [1.29, 1.82) is 0 Å². The number of hydrogen-bond acceptors (Lipinski definition) is 1. The van der Waals surface area contributed by atoms with Crippen LogP contribution in [-0.2, 0) is 6.54 Å². The highest BCUT2D eigenvalue weighted by Gasteiger charge is 1.97. The third-order valence-corrected chi connectivity index (χ3v) is 2.23. The first kappa shape index (κ1) is 9.85. The first-order valence-corrected chi connectivity index (χ1v) is 4.43. The van der Waals surface area contributed by atoms with Gasteiger partial charge in [-0.15, -0.1) is 0 Å². The summed E-state index contributed by atoms with van der Waals surface area (Å²) in [5.74, 6) is 0. The maximum absolute atomic E-state index is 5.82. The van der Waals surface area contributed by atoms with E-state index in [9.17, 15) is 0 Å². The van der Waals surface area contributed by atoms with Crippen molar-refractivity contribution in [3.05, 3.63) is 40.7 Å². The van der Waals surface area contributed by atoms with Gasteiger partial charge in [-0.25, -0.2) is 0 Å². The molecule has 1 N–H and O–H groups in total. The summed E-state index contributed by atoms with van der Waals surface area (Å²) in [6, 6.07) is 5.59. The molecule has 1 nitrogen and oxygen atoms in total. The Morgan fingerprint density at radius 2 is 2.00 bits per heavy atom. The van der Waals surface area contributed by atoms with E-state index in [0.717, 1.165) is 12.1 Å². The van der Waals surface area contributed by atoms with E-state index in [1.165, 1.54) is 0 Å². The van der Waals surface area contributed by atoms with Crippen molar-refractivity contribution in [2.45, 2.75) is 6.54 Å². The minimum absolute atomic E-state index is 0.593. The maximum atomic E-state index is 5.82. The van der Waals surface area contributed by atoms with Crippen LogP contribution in [0.5, 0.6) is 0 Å². The molecule has 0 aliphatic rings. The summed E-state index contributed by atoms with van der Waals surface area (Å²) < 4.78 is 0. The van der Waals surface area contributed by atoms with Crippen molar-refractivity contribution in [1.82, 2.24) is 5.32 Å². The van der Waals surface area contributed by atoms with E-state index < -0.39 is 0 Å².